The third-order valence-corrected chi connectivity index (χ3v) is 5.66. The number of rotatable bonds is 5. The Morgan fingerprint density at radius 3 is 2.38 bits per heavy atom. The number of aryl methyl sites for hydroxylation is 1. The molecule has 2 atom stereocenters. The molecule has 0 bridgehead atoms. The first-order valence-electron chi connectivity index (χ1n) is 10.4. The van der Waals surface area contributed by atoms with Crippen molar-refractivity contribution in [2.45, 2.75) is 72.0 Å². The minimum absolute atomic E-state index is 0.372. The number of hydrogen-bond donors (Lipinski definition) is 0. The molecular formula is C21H36N4O. The lowest BCUT2D eigenvalue weighted by molar-refractivity contribution is -0.0690. The summed E-state index contributed by atoms with van der Waals surface area (Å²) in [6.07, 6.45) is 4.60. The molecular weight excluding hydrogens is 324 g/mol. The topological polar surface area (TPSA) is 41.5 Å². The molecule has 2 aliphatic rings. The lowest BCUT2D eigenvalue weighted by Crippen LogP contribution is -2.46. The fraction of sp³-hybridized carbons (Fsp3) is 0.810. The fourth-order valence-corrected chi connectivity index (χ4v) is 4.28. The molecule has 146 valence electrons. The van der Waals surface area contributed by atoms with Crippen molar-refractivity contribution < 1.29 is 4.74 Å². The second-order valence-corrected chi connectivity index (χ2v) is 8.62. The lowest BCUT2D eigenvalue weighted by atomic mass is 9.93. The number of aromatic nitrogens is 2. The van der Waals surface area contributed by atoms with Crippen molar-refractivity contribution in [3.8, 4) is 0 Å². The predicted octanol–water partition coefficient (Wildman–Crippen LogP) is 3.62. The van der Waals surface area contributed by atoms with Crippen LogP contribution in [0.25, 0.3) is 0 Å². The molecule has 0 spiro atoms. The van der Waals surface area contributed by atoms with E-state index in [2.05, 4.69) is 55.5 Å². The highest BCUT2D eigenvalue weighted by Gasteiger charge is 2.25. The van der Waals surface area contributed by atoms with Crippen LogP contribution in [0.15, 0.2) is 6.07 Å². The summed E-state index contributed by atoms with van der Waals surface area (Å²) in [6.45, 7) is 16.4. The van der Waals surface area contributed by atoms with Crippen LogP contribution in [0.4, 0.5) is 5.82 Å². The predicted molar refractivity (Wildman–Crippen MR) is 107 cm³/mol. The molecule has 2 fully saturated rings. The van der Waals surface area contributed by atoms with Crippen LogP contribution < -0.4 is 4.90 Å². The maximum atomic E-state index is 5.85. The van der Waals surface area contributed by atoms with Crippen molar-refractivity contribution in [3.05, 3.63) is 17.6 Å². The second-order valence-electron chi connectivity index (χ2n) is 8.62. The van der Waals surface area contributed by atoms with E-state index in [1.165, 1.54) is 25.8 Å². The van der Waals surface area contributed by atoms with Crippen LogP contribution >= 0.6 is 0 Å². The maximum absolute atomic E-state index is 5.85. The van der Waals surface area contributed by atoms with Crippen LogP contribution in [-0.4, -0.2) is 59.8 Å². The van der Waals surface area contributed by atoms with Gasteiger partial charge in [0.15, 0.2) is 0 Å². The van der Waals surface area contributed by atoms with Gasteiger partial charge in [-0.15, -0.1) is 0 Å². The van der Waals surface area contributed by atoms with E-state index < -0.39 is 0 Å². The van der Waals surface area contributed by atoms with Gasteiger partial charge in [-0.2, -0.15) is 0 Å². The molecule has 3 heterocycles. The molecule has 0 aliphatic carbocycles. The van der Waals surface area contributed by atoms with Crippen LogP contribution in [-0.2, 0) is 4.74 Å². The van der Waals surface area contributed by atoms with Gasteiger partial charge >= 0.3 is 0 Å². The summed E-state index contributed by atoms with van der Waals surface area (Å²) < 4.78 is 5.85. The molecule has 5 heteroatoms. The van der Waals surface area contributed by atoms with E-state index in [9.17, 15) is 0 Å². The van der Waals surface area contributed by atoms with Gasteiger partial charge in [0.1, 0.15) is 11.6 Å². The van der Waals surface area contributed by atoms with Crippen molar-refractivity contribution >= 4 is 5.82 Å². The highest BCUT2D eigenvalue weighted by molar-refractivity contribution is 5.40. The van der Waals surface area contributed by atoms with E-state index in [0.29, 0.717) is 18.1 Å². The zero-order valence-electron chi connectivity index (χ0n) is 17.2. The van der Waals surface area contributed by atoms with Crippen LogP contribution in [0, 0.1) is 12.8 Å². The summed E-state index contributed by atoms with van der Waals surface area (Å²) in [5, 5.41) is 0. The molecule has 0 N–H and O–H groups in total. The molecule has 2 unspecified atom stereocenters. The number of hydrogen-bond acceptors (Lipinski definition) is 5. The quantitative estimate of drug-likeness (QED) is 0.802. The van der Waals surface area contributed by atoms with Crippen molar-refractivity contribution in [3.63, 3.8) is 0 Å². The highest BCUT2D eigenvalue weighted by Crippen LogP contribution is 2.26. The van der Waals surface area contributed by atoms with Gasteiger partial charge in [-0.25, -0.2) is 9.97 Å². The van der Waals surface area contributed by atoms with Gasteiger partial charge in [-0.3, -0.25) is 4.90 Å². The molecule has 1 aromatic heterocycles. The molecule has 0 aromatic carbocycles. The monoisotopic (exact) mass is 360 g/mol. The summed E-state index contributed by atoms with van der Waals surface area (Å²) in [4.78, 5) is 14.4. The van der Waals surface area contributed by atoms with Crippen molar-refractivity contribution in [2.24, 2.45) is 5.92 Å². The van der Waals surface area contributed by atoms with Crippen LogP contribution in [0.2, 0.25) is 0 Å². The molecule has 5 nitrogen and oxygen atoms in total. The Balaban J connectivity index is 1.48. The fourth-order valence-electron chi connectivity index (χ4n) is 4.28. The average molecular weight is 361 g/mol. The Labute approximate surface area is 159 Å². The number of nitrogens with zero attached hydrogens (tertiary/aromatic N) is 4. The normalized spacial score (nSPS) is 25.8. The minimum atomic E-state index is 0.372. The Morgan fingerprint density at radius 2 is 1.77 bits per heavy atom. The third-order valence-electron chi connectivity index (χ3n) is 5.66. The van der Waals surface area contributed by atoms with Crippen LogP contribution in [0.1, 0.15) is 64.4 Å². The molecule has 0 radical (unpaired) electrons. The van der Waals surface area contributed by atoms with Crippen molar-refractivity contribution in [1.29, 1.82) is 0 Å². The van der Waals surface area contributed by atoms with Crippen LogP contribution in [0.5, 0.6) is 0 Å². The molecule has 0 saturated carbocycles. The van der Waals surface area contributed by atoms with Gasteiger partial charge in [-0.05, 0) is 52.5 Å². The maximum Gasteiger partial charge on any atom is 0.133 e. The van der Waals surface area contributed by atoms with E-state index in [0.717, 1.165) is 49.4 Å². The summed E-state index contributed by atoms with van der Waals surface area (Å²) in [6, 6.07) is 2.14. The van der Waals surface area contributed by atoms with Crippen molar-refractivity contribution in [2.75, 3.05) is 37.6 Å². The Morgan fingerprint density at radius 1 is 1.12 bits per heavy atom. The molecule has 26 heavy (non-hydrogen) atoms. The van der Waals surface area contributed by atoms with Gasteiger partial charge < -0.3 is 9.64 Å². The summed E-state index contributed by atoms with van der Waals surface area (Å²) >= 11 is 0. The minimum Gasteiger partial charge on any atom is -0.373 e. The highest BCUT2D eigenvalue weighted by atomic mass is 16.5. The zero-order chi connectivity index (χ0) is 18.7. The average Bonchev–Trinajstić information content (AvgIpc) is 2.59. The van der Waals surface area contributed by atoms with E-state index in [1.807, 2.05) is 0 Å². The number of ether oxygens (including phenoxy) is 1. The zero-order valence-corrected chi connectivity index (χ0v) is 17.2. The largest absolute Gasteiger partial charge is 0.373 e. The van der Waals surface area contributed by atoms with E-state index in [1.54, 1.807) is 0 Å². The lowest BCUT2D eigenvalue weighted by Gasteiger charge is -2.37. The summed E-state index contributed by atoms with van der Waals surface area (Å²) in [5.41, 5.74) is 1.08. The standard InChI is InChI=1S/C21H36N4O/c1-15(2)21-22-16(3)12-20(23-21)25-10-7-19(8-11-25)6-9-24-13-17(4)26-18(5)14-24/h12,15,17-19H,6-11,13-14H2,1-5H3. The Hall–Kier alpha value is -1.20. The number of anilines is 1. The Bertz CT molecular complexity index is 573. The van der Waals surface area contributed by atoms with Crippen LogP contribution in [0.3, 0.4) is 0 Å². The van der Waals surface area contributed by atoms with Crippen molar-refractivity contribution in [1.82, 2.24) is 14.9 Å². The first kappa shape index (κ1) is 19.6. The first-order valence-corrected chi connectivity index (χ1v) is 10.4. The third kappa shape index (κ3) is 5.17. The van der Waals surface area contributed by atoms with E-state index in [4.69, 9.17) is 9.72 Å². The number of morpholine rings is 1. The number of piperidine rings is 1. The smallest absolute Gasteiger partial charge is 0.133 e. The molecule has 3 rings (SSSR count). The van der Waals surface area contributed by atoms with Gasteiger partial charge in [0.25, 0.3) is 0 Å². The van der Waals surface area contributed by atoms with Gasteiger partial charge in [0.2, 0.25) is 0 Å². The molecule has 0 amide bonds. The Kier molecular flexibility index (Phi) is 6.51. The molecule has 2 saturated heterocycles. The van der Waals surface area contributed by atoms with Gasteiger partial charge in [0, 0.05) is 43.9 Å². The summed E-state index contributed by atoms with van der Waals surface area (Å²) in [7, 11) is 0. The molecule has 1 aromatic rings. The summed E-state index contributed by atoms with van der Waals surface area (Å²) in [5.74, 6) is 3.31. The van der Waals surface area contributed by atoms with Gasteiger partial charge in [0.05, 0.1) is 12.2 Å². The van der Waals surface area contributed by atoms with Gasteiger partial charge in [-0.1, -0.05) is 13.8 Å². The SMILES string of the molecule is Cc1cc(N2CCC(CCN3CC(C)OC(C)C3)CC2)nc(C(C)C)n1. The van der Waals surface area contributed by atoms with E-state index in [-0.39, 0.29) is 0 Å². The first-order chi connectivity index (χ1) is 12.4. The second kappa shape index (κ2) is 8.66. The molecule has 2 aliphatic heterocycles. The van der Waals surface area contributed by atoms with E-state index >= 15 is 0 Å².